The summed E-state index contributed by atoms with van der Waals surface area (Å²) >= 11 is 6.30. The molecule has 1 fully saturated rings. The molecule has 1 aliphatic rings. The molecule has 5 rings (SSSR count). The SMILES string of the molecule is NC1CCC(Cc2nccn3c(-c4ccnc(CCc5ccccc5Cl)n4)cnc23)CC1. The van der Waals surface area contributed by atoms with Gasteiger partial charge in [0.2, 0.25) is 0 Å². The Morgan fingerprint density at radius 1 is 0.969 bits per heavy atom. The Bertz CT molecular complexity index is 1210. The van der Waals surface area contributed by atoms with Crippen LogP contribution in [-0.4, -0.2) is 30.4 Å². The molecule has 0 aliphatic heterocycles. The van der Waals surface area contributed by atoms with Gasteiger partial charge in [-0.1, -0.05) is 29.8 Å². The molecule has 0 atom stereocenters. The first-order chi connectivity index (χ1) is 15.7. The Kier molecular flexibility index (Phi) is 6.14. The van der Waals surface area contributed by atoms with Crippen molar-refractivity contribution in [3.05, 3.63) is 77.2 Å². The minimum absolute atomic E-state index is 0.359. The lowest BCUT2D eigenvalue weighted by atomic mass is 9.84. The van der Waals surface area contributed by atoms with Gasteiger partial charge in [0.25, 0.3) is 0 Å². The van der Waals surface area contributed by atoms with Crippen molar-refractivity contribution in [2.45, 2.75) is 51.0 Å². The molecule has 1 aromatic carbocycles. The number of aryl methyl sites for hydroxylation is 2. The third-order valence-corrected chi connectivity index (χ3v) is 6.79. The number of fused-ring (bicyclic) bond motifs is 1. The normalized spacial score (nSPS) is 18.8. The highest BCUT2D eigenvalue weighted by Crippen LogP contribution is 2.28. The summed E-state index contributed by atoms with van der Waals surface area (Å²) in [4.78, 5) is 18.6. The van der Waals surface area contributed by atoms with Crippen molar-refractivity contribution >= 4 is 17.2 Å². The summed E-state index contributed by atoms with van der Waals surface area (Å²) < 4.78 is 2.09. The largest absolute Gasteiger partial charge is 0.328 e. The number of nitrogens with zero attached hydrogens (tertiary/aromatic N) is 5. The predicted octanol–water partition coefficient (Wildman–Crippen LogP) is 4.68. The van der Waals surface area contributed by atoms with E-state index in [0.717, 1.165) is 84.1 Å². The van der Waals surface area contributed by atoms with Crippen molar-refractivity contribution in [2.24, 2.45) is 11.7 Å². The summed E-state index contributed by atoms with van der Waals surface area (Å²) in [5, 5.41) is 0.783. The van der Waals surface area contributed by atoms with Crippen molar-refractivity contribution in [3.8, 4) is 11.4 Å². The molecule has 0 unspecified atom stereocenters. The first-order valence-electron chi connectivity index (χ1n) is 11.3. The van der Waals surface area contributed by atoms with Crippen LogP contribution in [0, 0.1) is 5.92 Å². The standard InChI is InChI=1S/C25H27ClN6/c26-20-4-2-1-3-18(20)7-10-24-29-12-11-21(31-24)23-16-30-25-22(28-13-14-32(23)25)15-17-5-8-19(27)9-6-17/h1-4,11-14,16-17,19H,5-10,15,27H2. The van der Waals surface area contributed by atoms with E-state index >= 15 is 0 Å². The van der Waals surface area contributed by atoms with Crippen molar-refractivity contribution in [3.63, 3.8) is 0 Å². The van der Waals surface area contributed by atoms with Gasteiger partial charge < -0.3 is 5.73 Å². The van der Waals surface area contributed by atoms with Gasteiger partial charge in [-0.15, -0.1) is 0 Å². The highest BCUT2D eigenvalue weighted by molar-refractivity contribution is 6.31. The molecule has 164 valence electrons. The number of nitrogens with two attached hydrogens (primary N) is 1. The van der Waals surface area contributed by atoms with Crippen LogP contribution in [0.15, 0.2) is 55.1 Å². The van der Waals surface area contributed by atoms with Crippen molar-refractivity contribution in [2.75, 3.05) is 0 Å². The van der Waals surface area contributed by atoms with Gasteiger partial charge in [-0.25, -0.2) is 15.0 Å². The predicted molar refractivity (Wildman–Crippen MR) is 127 cm³/mol. The zero-order valence-electron chi connectivity index (χ0n) is 18.0. The second kappa shape index (κ2) is 9.35. The third kappa shape index (κ3) is 4.52. The van der Waals surface area contributed by atoms with Crippen LogP contribution in [0.3, 0.4) is 0 Å². The lowest BCUT2D eigenvalue weighted by Gasteiger charge is -2.25. The van der Waals surface area contributed by atoms with Crippen LogP contribution in [0.1, 0.15) is 42.8 Å². The highest BCUT2D eigenvalue weighted by atomic mass is 35.5. The maximum Gasteiger partial charge on any atom is 0.159 e. The first-order valence-corrected chi connectivity index (χ1v) is 11.7. The van der Waals surface area contributed by atoms with E-state index in [2.05, 4.69) is 14.4 Å². The van der Waals surface area contributed by atoms with Crippen LogP contribution in [-0.2, 0) is 19.3 Å². The Hall–Kier alpha value is -2.83. The molecule has 0 spiro atoms. The lowest BCUT2D eigenvalue weighted by molar-refractivity contribution is 0.323. The average molecular weight is 447 g/mol. The molecular weight excluding hydrogens is 420 g/mol. The summed E-state index contributed by atoms with van der Waals surface area (Å²) in [6.07, 6.45) is 14.5. The van der Waals surface area contributed by atoms with Crippen LogP contribution >= 0.6 is 11.6 Å². The van der Waals surface area contributed by atoms with Gasteiger partial charge in [-0.2, -0.15) is 0 Å². The Morgan fingerprint density at radius 2 is 1.81 bits per heavy atom. The van der Waals surface area contributed by atoms with Gasteiger partial charge in [0, 0.05) is 36.1 Å². The molecule has 1 saturated carbocycles. The second-order valence-electron chi connectivity index (χ2n) is 8.65. The quantitative estimate of drug-likeness (QED) is 0.464. The molecule has 7 heteroatoms. The van der Waals surface area contributed by atoms with Crippen LogP contribution < -0.4 is 5.73 Å². The second-order valence-corrected chi connectivity index (χ2v) is 9.05. The van der Waals surface area contributed by atoms with Gasteiger partial charge in [0.05, 0.1) is 23.3 Å². The van der Waals surface area contributed by atoms with Gasteiger partial charge in [-0.3, -0.25) is 9.38 Å². The van der Waals surface area contributed by atoms with E-state index in [4.69, 9.17) is 27.3 Å². The van der Waals surface area contributed by atoms with Crippen molar-refractivity contribution in [1.82, 2.24) is 24.3 Å². The van der Waals surface area contributed by atoms with Gasteiger partial charge >= 0.3 is 0 Å². The van der Waals surface area contributed by atoms with Crippen molar-refractivity contribution in [1.29, 1.82) is 0 Å². The fourth-order valence-corrected chi connectivity index (χ4v) is 4.81. The zero-order valence-corrected chi connectivity index (χ0v) is 18.7. The topological polar surface area (TPSA) is 82.0 Å². The molecule has 2 N–H and O–H groups in total. The van der Waals surface area contributed by atoms with E-state index in [-0.39, 0.29) is 0 Å². The van der Waals surface area contributed by atoms with E-state index in [0.29, 0.717) is 12.0 Å². The Balaban J connectivity index is 1.37. The zero-order chi connectivity index (χ0) is 21.9. The Morgan fingerprint density at radius 3 is 2.66 bits per heavy atom. The number of hydrogen-bond acceptors (Lipinski definition) is 5. The molecule has 4 aromatic rings. The molecule has 0 amide bonds. The smallest absolute Gasteiger partial charge is 0.159 e. The minimum Gasteiger partial charge on any atom is -0.328 e. The molecule has 0 radical (unpaired) electrons. The number of aromatic nitrogens is 5. The van der Waals surface area contributed by atoms with E-state index < -0.39 is 0 Å². The van der Waals surface area contributed by atoms with Crippen LogP contribution in [0.25, 0.3) is 17.0 Å². The molecule has 0 saturated heterocycles. The molecule has 3 aromatic heterocycles. The third-order valence-electron chi connectivity index (χ3n) is 6.42. The Labute approximate surface area is 192 Å². The molecule has 6 nitrogen and oxygen atoms in total. The summed E-state index contributed by atoms with van der Waals surface area (Å²) in [5.74, 6) is 1.43. The summed E-state index contributed by atoms with van der Waals surface area (Å²) in [5.41, 5.74) is 11.0. The first kappa shape index (κ1) is 21.0. The highest BCUT2D eigenvalue weighted by Gasteiger charge is 2.21. The van der Waals surface area contributed by atoms with Gasteiger partial charge in [-0.05, 0) is 62.1 Å². The fourth-order valence-electron chi connectivity index (χ4n) is 4.58. The number of hydrogen-bond donors (Lipinski definition) is 1. The van der Waals surface area contributed by atoms with Crippen LogP contribution in [0.2, 0.25) is 5.02 Å². The summed E-state index contributed by atoms with van der Waals surface area (Å²) in [6.45, 7) is 0. The molecular formula is C25H27ClN6. The van der Waals surface area contributed by atoms with Crippen LogP contribution in [0.4, 0.5) is 0 Å². The maximum atomic E-state index is 6.30. The molecule has 1 aliphatic carbocycles. The van der Waals surface area contributed by atoms with E-state index in [1.54, 1.807) is 0 Å². The molecule has 3 heterocycles. The van der Waals surface area contributed by atoms with Gasteiger partial charge in [0.1, 0.15) is 5.82 Å². The molecule has 0 bridgehead atoms. The van der Waals surface area contributed by atoms with Crippen molar-refractivity contribution < 1.29 is 0 Å². The monoisotopic (exact) mass is 446 g/mol. The van der Waals surface area contributed by atoms with E-state index in [1.807, 2.05) is 55.1 Å². The molecule has 32 heavy (non-hydrogen) atoms. The number of halogens is 1. The summed E-state index contributed by atoms with van der Waals surface area (Å²) in [7, 11) is 0. The van der Waals surface area contributed by atoms with E-state index in [1.165, 1.54) is 0 Å². The lowest BCUT2D eigenvalue weighted by Crippen LogP contribution is -2.27. The number of rotatable bonds is 6. The number of benzene rings is 1. The average Bonchev–Trinajstić information content (AvgIpc) is 3.26. The number of imidazole rings is 1. The summed E-state index contributed by atoms with van der Waals surface area (Å²) in [6, 6.07) is 10.2. The van der Waals surface area contributed by atoms with Gasteiger partial charge in [0.15, 0.2) is 5.65 Å². The maximum absolute atomic E-state index is 6.30. The van der Waals surface area contributed by atoms with E-state index in [9.17, 15) is 0 Å². The fraction of sp³-hybridized carbons (Fsp3) is 0.360. The van der Waals surface area contributed by atoms with Crippen LogP contribution in [0.5, 0.6) is 0 Å². The minimum atomic E-state index is 0.359.